The van der Waals surface area contributed by atoms with Crippen molar-refractivity contribution >= 4 is 17.9 Å². The summed E-state index contributed by atoms with van der Waals surface area (Å²) in [4.78, 5) is 37.0. The first kappa shape index (κ1) is 60.5. The van der Waals surface area contributed by atoms with E-state index in [2.05, 4.69) is 98.9 Å². The molecule has 0 fully saturated rings. The summed E-state index contributed by atoms with van der Waals surface area (Å²) in [5.74, 6) is -1.76. The van der Waals surface area contributed by atoms with Crippen molar-refractivity contribution in [1.82, 2.24) is 0 Å². The van der Waals surface area contributed by atoms with Crippen LogP contribution in [0.5, 0.6) is 0 Å². The van der Waals surface area contributed by atoms with E-state index < -0.39 is 18.1 Å². The number of carbonyl (C=O) groups is 3. The van der Waals surface area contributed by atoms with E-state index >= 15 is 0 Å². The third kappa shape index (κ3) is 43.7. The Morgan fingerprint density at radius 3 is 1.22 bits per heavy atom. The zero-order valence-corrected chi connectivity index (χ0v) is 41.7. The average molecular weight is 894 g/mol. The molecule has 0 aromatic carbocycles. The van der Waals surface area contributed by atoms with Gasteiger partial charge < -0.3 is 28.6 Å². The smallest absolute Gasteiger partial charge is 0.306 e. The van der Waals surface area contributed by atoms with Crippen molar-refractivity contribution in [3.8, 4) is 0 Å². The average Bonchev–Trinajstić information content (AvgIpc) is 3.26. The molecule has 0 saturated heterocycles. The molecular formula is C56H95NO7. The lowest BCUT2D eigenvalue weighted by Crippen LogP contribution is -2.55. The van der Waals surface area contributed by atoms with Crippen LogP contribution in [0.2, 0.25) is 0 Å². The summed E-state index contributed by atoms with van der Waals surface area (Å²) >= 11 is 0. The first-order chi connectivity index (χ1) is 31.1. The largest absolute Gasteiger partial charge is 0.544 e. The lowest BCUT2D eigenvalue weighted by Gasteiger charge is -2.34. The number of nitrogens with zero attached hydrogens (tertiary/aromatic N) is 1. The summed E-state index contributed by atoms with van der Waals surface area (Å²) in [5, 5.41) is 11.7. The number of quaternary nitrogens is 1. The molecule has 64 heavy (non-hydrogen) atoms. The lowest BCUT2D eigenvalue weighted by molar-refractivity contribution is -0.889. The van der Waals surface area contributed by atoms with Crippen LogP contribution in [0, 0.1) is 0 Å². The molecule has 0 heterocycles. The molecule has 0 radical (unpaired) electrons. The molecule has 0 saturated carbocycles. The van der Waals surface area contributed by atoms with Crippen LogP contribution in [0.4, 0.5) is 0 Å². The normalized spacial score (nSPS) is 13.6. The second-order valence-electron chi connectivity index (χ2n) is 18.0. The summed E-state index contributed by atoms with van der Waals surface area (Å²) < 4.78 is 17.2. The number of unbranched alkanes of at least 4 members (excludes halogenated alkanes) is 17. The van der Waals surface area contributed by atoms with Crippen molar-refractivity contribution in [3.63, 3.8) is 0 Å². The predicted molar refractivity (Wildman–Crippen MR) is 268 cm³/mol. The van der Waals surface area contributed by atoms with Crippen LogP contribution in [0.1, 0.15) is 200 Å². The zero-order chi connectivity index (χ0) is 47.0. The maximum absolute atomic E-state index is 12.8. The molecule has 0 aliphatic carbocycles. The molecule has 0 aromatic heterocycles. The van der Waals surface area contributed by atoms with Gasteiger partial charge in [0.05, 0.1) is 40.3 Å². The quantitative estimate of drug-likeness (QED) is 0.0260. The van der Waals surface area contributed by atoms with Gasteiger partial charge in [0, 0.05) is 19.3 Å². The van der Waals surface area contributed by atoms with Crippen LogP contribution in [0.3, 0.4) is 0 Å². The third-order valence-electron chi connectivity index (χ3n) is 11.0. The first-order valence-electron chi connectivity index (χ1n) is 25.6. The molecule has 0 N–H and O–H groups in total. The van der Waals surface area contributed by atoms with Crippen LogP contribution in [-0.2, 0) is 28.6 Å². The maximum atomic E-state index is 12.8. The lowest BCUT2D eigenvalue weighted by atomic mass is 10.0. The second-order valence-corrected chi connectivity index (χ2v) is 18.0. The van der Waals surface area contributed by atoms with Crippen LogP contribution >= 0.6 is 0 Å². The summed E-state index contributed by atoms with van der Waals surface area (Å²) in [6, 6.07) is -0.733. The maximum Gasteiger partial charge on any atom is 0.306 e. The number of hydrogen-bond acceptors (Lipinski definition) is 7. The number of esters is 2. The van der Waals surface area contributed by atoms with Gasteiger partial charge in [-0.25, -0.2) is 0 Å². The number of ether oxygens (including phenoxy) is 3. The molecule has 0 rings (SSSR count). The number of aliphatic carboxylic acids is 1. The Bertz CT molecular complexity index is 1320. The number of carbonyl (C=O) groups excluding carboxylic acids is 3. The van der Waals surface area contributed by atoms with E-state index in [9.17, 15) is 19.5 Å². The van der Waals surface area contributed by atoms with Crippen LogP contribution in [-0.4, -0.2) is 75.5 Å². The van der Waals surface area contributed by atoms with E-state index in [4.69, 9.17) is 14.2 Å². The van der Waals surface area contributed by atoms with Crippen molar-refractivity contribution in [1.29, 1.82) is 0 Å². The van der Waals surface area contributed by atoms with Gasteiger partial charge in [-0.3, -0.25) is 9.59 Å². The predicted octanol–water partition coefficient (Wildman–Crippen LogP) is 13.5. The monoisotopic (exact) mass is 894 g/mol. The van der Waals surface area contributed by atoms with E-state index in [1.807, 2.05) is 0 Å². The molecule has 366 valence electrons. The molecule has 2 atom stereocenters. The zero-order valence-electron chi connectivity index (χ0n) is 41.7. The molecule has 0 aromatic rings. The van der Waals surface area contributed by atoms with Crippen molar-refractivity contribution in [3.05, 3.63) is 85.1 Å². The van der Waals surface area contributed by atoms with Gasteiger partial charge in [-0.1, -0.05) is 182 Å². The van der Waals surface area contributed by atoms with Crippen molar-refractivity contribution < 1.29 is 38.2 Å². The van der Waals surface area contributed by atoms with Gasteiger partial charge >= 0.3 is 11.9 Å². The second kappa shape index (κ2) is 46.1. The van der Waals surface area contributed by atoms with E-state index in [-0.39, 0.29) is 42.7 Å². The fourth-order valence-electron chi connectivity index (χ4n) is 7.14. The number of hydrogen-bond donors (Lipinski definition) is 0. The van der Waals surface area contributed by atoms with Gasteiger partial charge in [0.1, 0.15) is 12.6 Å². The minimum Gasteiger partial charge on any atom is -0.544 e. The van der Waals surface area contributed by atoms with Gasteiger partial charge in [0.2, 0.25) is 0 Å². The Balaban J connectivity index is 4.26. The molecule has 0 spiro atoms. The molecule has 0 aliphatic heterocycles. The summed E-state index contributed by atoms with van der Waals surface area (Å²) in [6.45, 7) is 4.43. The summed E-state index contributed by atoms with van der Waals surface area (Å²) in [5.41, 5.74) is 0. The Kier molecular flexibility index (Phi) is 43.5. The number of allylic oxidation sites excluding steroid dienone is 14. The minimum atomic E-state index is -1.13. The number of carboxylic acid groups (broad SMARTS) is 1. The van der Waals surface area contributed by atoms with Crippen molar-refractivity contribution in [2.75, 3.05) is 41.0 Å². The number of rotatable bonds is 45. The van der Waals surface area contributed by atoms with E-state index in [0.717, 1.165) is 96.3 Å². The fourth-order valence-corrected chi connectivity index (χ4v) is 7.14. The Morgan fingerprint density at radius 2 is 0.828 bits per heavy atom. The van der Waals surface area contributed by atoms with Crippen LogP contribution in [0.15, 0.2) is 85.1 Å². The van der Waals surface area contributed by atoms with Gasteiger partial charge in [-0.05, 0) is 83.5 Å². The van der Waals surface area contributed by atoms with Gasteiger partial charge in [0.15, 0.2) is 6.10 Å². The molecular weight excluding hydrogens is 799 g/mol. The van der Waals surface area contributed by atoms with E-state index in [1.54, 1.807) is 21.1 Å². The molecule has 8 nitrogen and oxygen atoms in total. The van der Waals surface area contributed by atoms with Gasteiger partial charge in [-0.15, -0.1) is 0 Å². The Labute approximate surface area is 393 Å². The molecule has 0 bridgehead atoms. The molecule has 2 unspecified atom stereocenters. The molecule has 0 aliphatic rings. The summed E-state index contributed by atoms with van der Waals surface area (Å²) in [7, 11) is 5.41. The van der Waals surface area contributed by atoms with Gasteiger partial charge in [-0.2, -0.15) is 0 Å². The Morgan fingerprint density at radius 1 is 0.469 bits per heavy atom. The number of likely N-dealkylation sites (N-methyl/N-ethyl adjacent to an activating group) is 1. The van der Waals surface area contributed by atoms with E-state index in [0.29, 0.717) is 12.8 Å². The van der Waals surface area contributed by atoms with Crippen molar-refractivity contribution in [2.24, 2.45) is 0 Å². The number of carboxylic acids is 1. The highest BCUT2D eigenvalue weighted by Crippen LogP contribution is 2.15. The molecule has 0 amide bonds. The van der Waals surface area contributed by atoms with E-state index in [1.165, 1.54) is 70.6 Å². The fraction of sp³-hybridized carbons (Fsp3) is 0.696. The Hall–Kier alpha value is -3.49. The SMILES string of the molecule is CC/C=C\C/C=C\C/C=C\C/C=C\CCCCCCCCCCCCC(=O)OC(COCCC(C(=O)[O-])[N+](C)(C)C)COC(=O)CCCCCCCCC/C=C\C/C=C\C/C=C\CC. The highest BCUT2D eigenvalue weighted by Gasteiger charge is 2.25. The third-order valence-corrected chi connectivity index (χ3v) is 11.0. The van der Waals surface area contributed by atoms with Crippen LogP contribution < -0.4 is 5.11 Å². The first-order valence-corrected chi connectivity index (χ1v) is 25.6. The summed E-state index contributed by atoms with van der Waals surface area (Å²) in [6.07, 6.45) is 60.4. The highest BCUT2D eigenvalue weighted by atomic mass is 16.6. The highest BCUT2D eigenvalue weighted by molar-refractivity contribution is 5.70. The standard InChI is InChI=1S/C56H95NO7/c1-6-8-10-12-14-16-18-20-22-24-25-26-27-28-29-31-33-35-37-39-41-43-45-47-55(59)64-52(50-62-49-48-53(56(60)61)57(3,4)5)51-63-54(58)46-44-42-40-38-36-34-32-30-23-21-19-17-15-13-11-9-7-2/h8-11,14-17,20-23,25-26,52-53H,6-7,12-13,18-19,24,27-51H2,1-5H3/b10-8-,11-9-,16-14-,17-15-,22-20-,23-21-,26-25-. The van der Waals surface area contributed by atoms with Crippen molar-refractivity contribution in [2.45, 2.75) is 212 Å². The minimum absolute atomic E-state index is 0.0319. The van der Waals surface area contributed by atoms with Crippen LogP contribution in [0.25, 0.3) is 0 Å². The van der Waals surface area contributed by atoms with Gasteiger partial charge in [0.25, 0.3) is 0 Å². The topological polar surface area (TPSA) is 102 Å². The molecule has 8 heteroatoms.